The van der Waals surface area contributed by atoms with Gasteiger partial charge in [-0.2, -0.15) is 0 Å². The third-order valence-electron chi connectivity index (χ3n) is 4.33. The van der Waals surface area contributed by atoms with Crippen LogP contribution >= 0.6 is 15.9 Å². The van der Waals surface area contributed by atoms with Gasteiger partial charge < -0.3 is 20.1 Å². The number of benzene rings is 3. The van der Waals surface area contributed by atoms with Crippen LogP contribution in [-0.2, 0) is 0 Å². The van der Waals surface area contributed by atoms with E-state index < -0.39 is 0 Å². The molecule has 0 aromatic heterocycles. The lowest BCUT2D eigenvalue weighted by atomic mass is 10.2. The monoisotopic (exact) mass is 482 g/mol. The minimum absolute atomic E-state index is 0.235. The molecule has 0 saturated carbocycles. The number of amides is 2. The molecule has 3 rings (SSSR count). The normalized spacial score (nSPS) is 10.3. The summed E-state index contributed by atoms with van der Waals surface area (Å²) in [5, 5.41) is 5.70. The van der Waals surface area contributed by atoms with Gasteiger partial charge in [-0.25, -0.2) is 0 Å². The van der Waals surface area contributed by atoms with Crippen LogP contribution in [0.2, 0.25) is 0 Å². The molecule has 0 aliphatic carbocycles. The van der Waals surface area contributed by atoms with Gasteiger partial charge in [0.15, 0.2) is 0 Å². The van der Waals surface area contributed by atoms with Crippen LogP contribution in [0, 0.1) is 0 Å². The van der Waals surface area contributed by atoms with Gasteiger partial charge in [-0.1, -0.05) is 0 Å². The lowest BCUT2D eigenvalue weighted by Crippen LogP contribution is -2.13. The van der Waals surface area contributed by atoms with Crippen molar-refractivity contribution >= 4 is 39.1 Å². The van der Waals surface area contributed by atoms with E-state index >= 15 is 0 Å². The topological polar surface area (TPSA) is 76.7 Å². The number of carbonyl (C=O) groups excluding carboxylic acids is 2. The quantitative estimate of drug-likeness (QED) is 0.428. The molecule has 0 heterocycles. The Morgan fingerprint density at radius 2 is 1.23 bits per heavy atom. The second kappa shape index (κ2) is 10.6. The average Bonchev–Trinajstić information content (AvgIpc) is 2.77. The average molecular weight is 483 g/mol. The number of hydrogen-bond donors (Lipinski definition) is 2. The van der Waals surface area contributed by atoms with Gasteiger partial charge in [0.05, 0.1) is 18.9 Å². The van der Waals surface area contributed by atoms with Gasteiger partial charge in [-0.3, -0.25) is 9.59 Å². The van der Waals surface area contributed by atoms with Crippen LogP contribution in [-0.4, -0.2) is 25.0 Å². The SMILES string of the molecule is CCOc1ccc(C(=O)Nc2ccc(NC(=O)c3ccc(OCC)cc3)c(Br)c2)cc1. The second-order valence-electron chi connectivity index (χ2n) is 6.52. The molecule has 3 aromatic carbocycles. The Labute approximate surface area is 189 Å². The molecule has 31 heavy (non-hydrogen) atoms. The lowest BCUT2D eigenvalue weighted by Gasteiger charge is -2.11. The summed E-state index contributed by atoms with van der Waals surface area (Å²) < 4.78 is 11.4. The zero-order valence-electron chi connectivity index (χ0n) is 17.3. The van der Waals surface area contributed by atoms with Crippen LogP contribution in [0.15, 0.2) is 71.2 Å². The van der Waals surface area contributed by atoms with Crippen LogP contribution in [0.1, 0.15) is 34.6 Å². The molecule has 2 N–H and O–H groups in total. The van der Waals surface area contributed by atoms with Gasteiger partial charge in [-0.15, -0.1) is 0 Å². The Kier molecular flexibility index (Phi) is 7.67. The maximum Gasteiger partial charge on any atom is 0.255 e. The molecule has 7 heteroatoms. The highest BCUT2D eigenvalue weighted by atomic mass is 79.9. The summed E-state index contributed by atoms with van der Waals surface area (Å²) in [6.45, 7) is 4.95. The zero-order valence-corrected chi connectivity index (χ0v) is 18.9. The molecule has 0 atom stereocenters. The number of halogens is 1. The molecule has 0 radical (unpaired) electrons. The first-order valence-corrected chi connectivity index (χ1v) is 10.7. The van der Waals surface area contributed by atoms with Crippen molar-refractivity contribution in [3.05, 3.63) is 82.3 Å². The predicted molar refractivity (Wildman–Crippen MR) is 125 cm³/mol. The Bertz CT molecular complexity index is 1050. The summed E-state index contributed by atoms with van der Waals surface area (Å²) in [6, 6.07) is 19.1. The molecule has 6 nitrogen and oxygen atoms in total. The molecule has 0 spiro atoms. The van der Waals surface area contributed by atoms with Crippen molar-refractivity contribution in [2.24, 2.45) is 0 Å². The highest BCUT2D eigenvalue weighted by molar-refractivity contribution is 9.10. The van der Waals surface area contributed by atoms with E-state index in [4.69, 9.17) is 9.47 Å². The van der Waals surface area contributed by atoms with E-state index in [0.29, 0.717) is 45.9 Å². The number of rotatable bonds is 8. The molecule has 0 unspecified atom stereocenters. The smallest absolute Gasteiger partial charge is 0.255 e. The first-order chi connectivity index (χ1) is 15.0. The molecule has 0 saturated heterocycles. The van der Waals surface area contributed by atoms with Gasteiger partial charge in [0.25, 0.3) is 11.8 Å². The van der Waals surface area contributed by atoms with Crippen molar-refractivity contribution in [3.63, 3.8) is 0 Å². The first kappa shape index (κ1) is 22.4. The fraction of sp³-hybridized carbons (Fsp3) is 0.167. The summed E-state index contributed by atoms with van der Waals surface area (Å²) in [5.74, 6) is 0.957. The maximum atomic E-state index is 12.5. The minimum Gasteiger partial charge on any atom is -0.494 e. The van der Waals surface area contributed by atoms with E-state index in [9.17, 15) is 9.59 Å². The Morgan fingerprint density at radius 3 is 1.68 bits per heavy atom. The molecule has 2 amide bonds. The third-order valence-corrected chi connectivity index (χ3v) is 4.99. The summed E-state index contributed by atoms with van der Waals surface area (Å²) in [7, 11) is 0. The van der Waals surface area contributed by atoms with Crippen LogP contribution in [0.25, 0.3) is 0 Å². The molecule has 0 fully saturated rings. The van der Waals surface area contributed by atoms with Crippen LogP contribution in [0.5, 0.6) is 11.5 Å². The van der Waals surface area contributed by atoms with Crippen molar-refractivity contribution in [1.29, 1.82) is 0 Å². The number of anilines is 2. The molecular weight excluding hydrogens is 460 g/mol. The Morgan fingerprint density at radius 1 is 0.742 bits per heavy atom. The van der Waals surface area contributed by atoms with Crippen molar-refractivity contribution < 1.29 is 19.1 Å². The number of ether oxygens (including phenoxy) is 2. The molecule has 3 aromatic rings. The fourth-order valence-corrected chi connectivity index (χ4v) is 3.31. The van der Waals surface area contributed by atoms with Crippen molar-refractivity contribution in [3.8, 4) is 11.5 Å². The summed E-state index contributed by atoms with van der Waals surface area (Å²) in [4.78, 5) is 25.0. The van der Waals surface area contributed by atoms with E-state index in [2.05, 4.69) is 26.6 Å². The Balaban J connectivity index is 1.63. The van der Waals surface area contributed by atoms with E-state index in [-0.39, 0.29) is 11.8 Å². The van der Waals surface area contributed by atoms with E-state index in [1.165, 1.54) is 0 Å². The van der Waals surface area contributed by atoms with Crippen LogP contribution in [0.3, 0.4) is 0 Å². The summed E-state index contributed by atoms with van der Waals surface area (Å²) in [5.41, 5.74) is 2.23. The highest BCUT2D eigenvalue weighted by Gasteiger charge is 2.11. The van der Waals surface area contributed by atoms with E-state index in [1.54, 1.807) is 66.7 Å². The largest absolute Gasteiger partial charge is 0.494 e. The molecule has 0 aliphatic heterocycles. The van der Waals surface area contributed by atoms with Crippen molar-refractivity contribution in [2.75, 3.05) is 23.8 Å². The first-order valence-electron chi connectivity index (χ1n) is 9.88. The van der Waals surface area contributed by atoms with Gasteiger partial charge in [0.2, 0.25) is 0 Å². The second-order valence-corrected chi connectivity index (χ2v) is 7.37. The molecule has 160 valence electrons. The number of hydrogen-bond acceptors (Lipinski definition) is 4. The predicted octanol–water partition coefficient (Wildman–Crippen LogP) is 5.75. The Hall–Kier alpha value is -3.32. The molecular formula is C24H23BrN2O4. The molecule has 0 aliphatic rings. The number of nitrogens with one attached hydrogen (secondary N) is 2. The van der Waals surface area contributed by atoms with Crippen molar-refractivity contribution in [2.45, 2.75) is 13.8 Å². The van der Waals surface area contributed by atoms with E-state index in [0.717, 1.165) is 5.75 Å². The molecule has 0 bridgehead atoms. The van der Waals surface area contributed by atoms with Gasteiger partial charge >= 0.3 is 0 Å². The van der Waals surface area contributed by atoms with E-state index in [1.807, 2.05) is 13.8 Å². The number of carbonyl (C=O) groups is 2. The van der Waals surface area contributed by atoms with Gasteiger partial charge in [-0.05, 0) is 96.5 Å². The van der Waals surface area contributed by atoms with Crippen molar-refractivity contribution in [1.82, 2.24) is 0 Å². The fourth-order valence-electron chi connectivity index (χ4n) is 2.83. The van der Waals surface area contributed by atoms with Gasteiger partial charge in [0.1, 0.15) is 11.5 Å². The van der Waals surface area contributed by atoms with Crippen LogP contribution < -0.4 is 20.1 Å². The maximum absolute atomic E-state index is 12.5. The van der Waals surface area contributed by atoms with Gasteiger partial charge in [0, 0.05) is 21.3 Å². The standard InChI is InChI=1S/C24H23BrN2O4/c1-3-30-19-10-5-16(6-11-19)23(28)26-18-9-14-22(21(25)15-18)27-24(29)17-7-12-20(13-8-17)31-4-2/h5-15H,3-4H2,1-2H3,(H,26,28)(H,27,29). The zero-order chi connectivity index (χ0) is 22.2. The third kappa shape index (κ3) is 6.08. The summed E-state index contributed by atoms with van der Waals surface area (Å²) in [6.07, 6.45) is 0. The minimum atomic E-state index is -0.241. The highest BCUT2D eigenvalue weighted by Crippen LogP contribution is 2.27. The lowest BCUT2D eigenvalue weighted by molar-refractivity contribution is 0.101. The summed E-state index contributed by atoms with van der Waals surface area (Å²) >= 11 is 3.45. The van der Waals surface area contributed by atoms with Crippen LogP contribution in [0.4, 0.5) is 11.4 Å².